The summed E-state index contributed by atoms with van der Waals surface area (Å²) < 4.78 is 118. The van der Waals surface area contributed by atoms with Crippen LogP contribution in [0.15, 0.2) is 24.3 Å². The van der Waals surface area contributed by atoms with Crippen molar-refractivity contribution in [1.29, 1.82) is 0 Å². The Morgan fingerprint density at radius 2 is 1.38 bits per heavy atom. The molecule has 12 heteroatoms. The maximum atomic E-state index is 14.5. The van der Waals surface area contributed by atoms with Crippen LogP contribution in [-0.4, -0.2) is 37.1 Å². The van der Waals surface area contributed by atoms with Crippen LogP contribution in [0, 0.1) is 35.0 Å². The van der Waals surface area contributed by atoms with Gasteiger partial charge in [-0.3, -0.25) is 0 Å². The van der Waals surface area contributed by atoms with Gasteiger partial charge in [0.1, 0.15) is 22.9 Å². The first-order chi connectivity index (χ1) is 16.0. The van der Waals surface area contributed by atoms with Gasteiger partial charge in [0.25, 0.3) is 0 Å². The molecule has 2 heterocycles. The van der Waals surface area contributed by atoms with E-state index in [1.54, 1.807) is 0 Å². The first-order valence-corrected chi connectivity index (χ1v) is 10.3. The van der Waals surface area contributed by atoms with Gasteiger partial charge >= 0.3 is 6.11 Å². The van der Waals surface area contributed by atoms with E-state index in [9.17, 15) is 35.8 Å². The molecule has 0 amide bonds. The Labute approximate surface area is 189 Å². The Balaban J connectivity index is 1.47. The first kappa shape index (κ1) is 24.7. The number of alkyl halides is 2. The molecule has 0 aromatic heterocycles. The van der Waals surface area contributed by atoms with Crippen molar-refractivity contribution >= 4 is 0 Å². The van der Waals surface area contributed by atoms with E-state index in [-0.39, 0.29) is 49.5 Å². The van der Waals surface area contributed by atoms with Crippen molar-refractivity contribution < 1.29 is 54.8 Å². The molecule has 2 aliphatic rings. The zero-order valence-electron chi connectivity index (χ0n) is 17.4. The van der Waals surface area contributed by atoms with Gasteiger partial charge in [0, 0.05) is 23.6 Å². The summed E-state index contributed by atoms with van der Waals surface area (Å²) in [4.78, 5) is 0. The summed E-state index contributed by atoms with van der Waals surface area (Å²) in [5, 5.41) is 9.50. The predicted octanol–water partition coefficient (Wildman–Crippen LogP) is 4.71. The molecule has 4 rings (SSSR count). The maximum Gasteiger partial charge on any atom is 0.432 e. The van der Waals surface area contributed by atoms with E-state index in [1.807, 2.05) is 0 Å². The molecule has 186 valence electrons. The van der Waals surface area contributed by atoms with Gasteiger partial charge in [-0.1, -0.05) is 0 Å². The lowest BCUT2D eigenvalue weighted by atomic mass is 9.95. The Kier molecular flexibility index (Phi) is 7.04. The summed E-state index contributed by atoms with van der Waals surface area (Å²) in [5.74, 6) is -10.4. The number of rotatable bonds is 5. The molecular weight excluding hydrogens is 477 g/mol. The second-order valence-electron chi connectivity index (χ2n) is 8.04. The Bertz CT molecular complexity index is 988. The van der Waals surface area contributed by atoms with Gasteiger partial charge in [-0.2, -0.15) is 8.78 Å². The predicted molar refractivity (Wildman–Crippen MR) is 100 cm³/mol. The van der Waals surface area contributed by atoms with E-state index < -0.39 is 58.9 Å². The van der Waals surface area contributed by atoms with Gasteiger partial charge in [-0.15, -0.1) is 0 Å². The summed E-state index contributed by atoms with van der Waals surface area (Å²) in [6, 6.07) is 1.38. The van der Waals surface area contributed by atoms with Crippen molar-refractivity contribution in [2.45, 2.75) is 37.4 Å². The quantitative estimate of drug-likeness (QED) is 0.480. The minimum atomic E-state index is -4.69. The summed E-state index contributed by atoms with van der Waals surface area (Å²) in [5.41, 5.74) is -2.03. The van der Waals surface area contributed by atoms with Gasteiger partial charge in [0.05, 0.1) is 32.0 Å². The average molecular weight is 496 g/mol. The molecular formula is C22H19F7O5. The van der Waals surface area contributed by atoms with E-state index >= 15 is 0 Å². The van der Waals surface area contributed by atoms with Crippen LogP contribution in [0.5, 0.6) is 5.75 Å². The molecule has 1 N–H and O–H groups in total. The molecule has 0 radical (unpaired) electrons. The van der Waals surface area contributed by atoms with Crippen LogP contribution in [0.25, 0.3) is 0 Å². The van der Waals surface area contributed by atoms with Crippen molar-refractivity contribution in [2.24, 2.45) is 5.92 Å². The molecule has 2 atom stereocenters. The molecule has 0 saturated carbocycles. The summed E-state index contributed by atoms with van der Waals surface area (Å²) >= 11 is 0. The monoisotopic (exact) mass is 496 g/mol. The maximum absolute atomic E-state index is 14.5. The van der Waals surface area contributed by atoms with Crippen molar-refractivity contribution in [3.63, 3.8) is 0 Å². The Hall–Kier alpha value is -2.41. The molecule has 2 aliphatic heterocycles. The Morgan fingerprint density at radius 3 is 1.91 bits per heavy atom. The highest BCUT2D eigenvalue weighted by atomic mass is 19.3. The molecule has 5 nitrogen and oxygen atoms in total. The first-order valence-electron chi connectivity index (χ1n) is 10.3. The lowest BCUT2D eigenvalue weighted by Crippen LogP contribution is -2.41. The number of aliphatic hydroxyl groups is 1. The van der Waals surface area contributed by atoms with Gasteiger partial charge in [-0.25, -0.2) is 22.0 Å². The van der Waals surface area contributed by atoms with Crippen LogP contribution in [0.1, 0.15) is 30.3 Å². The second kappa shape index (κ2) is 9.68. The molecule has 2 fully saturated rings. The highest BCUT2D eigenvalue weighted by Gasteiger charge is 2.42. The highest BCUT2D eigenvalue weighted by Crippen LogP contribution is 2.38. The number of halogens is 7. The smallest absolute Gasteiger partial charge is 0.429 e. The van der Waals surface area contributed by atoms with E-state index in [4.69, 9.17) is 14.2 Å². The van der Waals surface area contributed by atoms with Crippen LogP contribution in [0.4, 0.5) is 30.7 Å². The lowest BCUT2D eigenvalue weighted by Gasteiger charge is -2.36. The standard InChI is InChI=1S/C22H19F7O5/c23-14-3-10(21-32-7-11(8-33-21)18-2-1-12(30)9-31-18)4-15(24)19(14)22(28,29)34-13-5-16(25)20(27)17(26)6-13/h3-6,11-12,18,21,30H,1-2,7-9H2. The van der Waals surface area contributed by atoms with Crippen LogP contribution < -0.4 is 4.74 Å². The minimum absolute atomic E-state index is 0.109. The molecule has 2 aromatic rings. The third kappa shape index (κ3) is 5.14. The minimum Gasteiger partial charge on any atom is -0.429 e. The second-order valence-corrected chi connectivity index (χ2v) is 8.04. The van der Waals surface area contributed by atoms with Crippen molar-refractivity contribution in [1.82, 2.24) is 0 Å². The third-order valence-electron chi connectivity index (χ3n) is 5.57. The van der Waals surface area contributed by atoms with Crippen molar-refractivity contribution in [3.05, 3.63) is 64.5 Å². The van der Waals surface area contributed by atoms with E-state index in [0.29, 0.717) is 25.0 Å². The molecule has 2 saturated heterocycles. The van der Waals surface area contributed by atoms with Crippen LogP contribution >= 0.6 is 0 Å². The molecule has 0 bridgehead atoms. The largest absolute Gasteiger partial charge is 0.432 e. The van der Waals surface area contributed by atoms with Gasteiger partial charge in [-0.05, 0) is 25.0 Å². The number of hydrogen-bond acceptors (Lipinski definition) is 5. The normalized spacial score (nSPS) is 25.9. The number of hydrogen-bond donors (Lipinski definition) is 1. The highest BCUT2D eigenvalue weighted by molar-refractivity contribution is 5.32. The molecule has 0 aliphatic carbocycles. The Morgan fingerprint density at radius 1 is 0.794 bits per heavy atom. The van der Waals surface area contributed by atoms with Crippen LogP contribution in [-0.2, 0) is 20.3 Å². The van der Waals surface area contributed by atoms with Crippen molar-refractivity contribution in [2.75, 3.05) is 19.8 Å². The van der Waals surface area contributed by atoms with Gasteiger partial charge < -0.3 is 24.1 Å². The van der Waals surface area contributed by atoms with Crippen molar-refractivity contribution in [3.8, 4) is 5.75 Å². The molecule has 2 aromatic carbocycles. The summed E-state index contributed by atoms with van der Waals surface area (Å²) in [6.45, 7) is 0.394. The van der Waals surface area contributed by atoms with Crippen LogP contribution in [0.3, 0.4) is 0 Å². The SMILES string of the molecule is OC1CCC(C2COC(c3cc(F)c(C(F)(F)Oc4cc(F)c(F)c(F)c4)c(F)c3)OC2)OC1. The fourth-order valence-corrected chi connectivity index (χ4v) is 3.85. The van der Waals surface area contributed by atoms with E-state index in [2.05, 4.69) is 4.74 Å². The zero-order chi connectivity index (χ0) is 24.6. The third-order valence-corrected chi connectivity index (χ3v) is 5.57. The number of aliphatic hydroxyl groups excluding tert-OH is 1. The van der Waals surface area contributed by atoms with Gasteiger partial charge in [0.15, 0.2) is 23.7 Å². The molecule has 0 spiro atoms. The number of ether oxygens (including phenoxy) is 4. The summed E-state index contributed by atoms with van der Waals surface area (Å²) in [7, 11) is 0. The fraction of sp³-hybridized carbons (Fsp3) is 0.455. The number of benzene rings is 2. The fourth-order valence-electron chi connectivity index (χ4n) is 3.85. The van der Waals surface area contributed by atoms with E-state index in [1.165, 1.54) is 0 Å². The lowest BCUT2D eigenvalue weighted by molar-refractivity contribution is -0.229. The van der Waals surface area contributed by atoms with E-state index in [0.717, 1.165) is 0 Å². The average Bonchev–Trinajstić information content (AvgIpc) is 2.77. The topological polar surface area (TPSA) is 57.2 Å². The summed E-state index contributed by atoms with van der Waals surface area (Å²) in [6.07, 6.45) is -5.56. The zero-order valence-corrected chi connectivity index (χ0v) is 17.4. The van der Waals surface area contributed by atoms with Crippen LogP contribution in [0.2, 0.25) is 0 Å². The molecule has 2 unspecified atom stereocenters. The van der Waals surface area contributed by atoms with Gasteiger partial charge in [0.2, 0.25) is 0 Å². The molecule has 34 heavy (non-hydrogen) atoms.